The Kier molecular flexibility index (Phi) is 14.3. The van der Waals surface area contributed by atoms with Gasteiger partial charge in [-0.15, -0.1) is 0 Å². The Labute approximate surface area is 300 Å². The molecular weight excluding hydrogens is 645 g/mol. The summed E-state index contributed by atoms with van der Waals surface area (Å²) in [6.45, 7) is 13.3. The van der Waals surface area contributed by atoms with E-state index in [1.165, 1.54) is 0 Å². The summed E-state index contributed by atoms with van der Waals surface area (Å²) in [7, 11) is -2.15. The number of carbonyl (C=O) groups excluding carboxylic acids is 1. The van der Waals surface area contributed by atoms with Crippen molar-refractivity contribution in [3.63, 3.8) is 0 Å². The van der Waals surface area contributed by atoms with Crippen LogP contribution in [0.25, 0.3) is 11.1 Å². The predicted molar refractivity (Wildman–Crippen MR) is 202 cm³/mol. The van der Waals surface area contributed by atoms with Crippen LogP contribution in [0.2, 0.25) is 18.1 Å². The number of hydrogen-bond donors (Lipinski definition) is 2. The molecule has 0 aliphatic heterocycles. The summed E-state index contributed by atoms with van der Waals surface area (Å²) in [6.07, 6.45) is 4.65. The maximum atomic E-state index is 13.5. The number of aliphatic hydroxyl groups excluding tert-OH is 1. The summed E-state index contributed by atoms with van der Waals surface area (Å²) in [5, 5.41) is 20.6. The van der Waals surface area contributed by atoms with Gasteiger partial charge in [-0.05, 0) is 92.0 Å². The summed E-state index contributed by atoms with van der Waals surface area (Å²) < 4.78 is 19.6. The highest BCUT2D eigenvalue weighted by atomic mass is 28.4. The average molecular weight is 703 g/mol. The number of rotatable bonds is 18. The van der Waals surface area contributed by atoms with Crippen LogP contribution in [-0.4, -0.2) is 54.9 Å². The Morgan fingerprint density at radius 3 is 2.04 bits per heavy atom. The third-order valence-electron chi connectivity index (χ3n) is 10.8. The van der Waals surface area contributed by atoms with E-state index in [-0.39, 0.29) is 41.5 Å². The van der Waals surface area contributed by atoms with Gasteiger partial charge in [0.2, 0.25) is 0 Å². The molecule has 1 aliphatic carbocycles. The first kappa shape index (κ1) is 39.3. The lowest BCUT2D eigenvalue weighted by atomic mass is 9.84. The fourth-order valence-electron chi connectivity index (χ4n) is 6.83. The first-order chi connectivity index (χ1) is 23.7. The van der Waals surface area contributed by atoms with E-state index in [4.69, 9.17) is 19.0 Å². The number of aliphatic hydroxyl groups is 1. The molecule has 272 valence electrons. The summed E-state index contributed by atoms with van der Waals surface area (Å²) in [6, 6.07) is 27.3. The Hall–Kier alpha value is -3.46. The molecule has 0 saturated heterocycles. The van der Waals surface area contributed by atoms with Crippen molar-refractivity contribution >= 4 is 20.3 Å². The number of unbranched alkanes of at least 4 members (excludes halogenated alkanes) is 3. The highest BCUT2D eigenvalue weighted by Crippen LogP contribution is 2.43. The molecule has 3 aromatic rings. The fourth-order valence-corrected chi connectivity index (χ4v) is 8.25. The lowest BCUT2D eigenvalue weighted by Crippen LogP contribution is -2.48. The van der Waals surface area contributed by atoms with E-state index in [2.05, 4.69) is 40.8 Å². The van der Waals surface area contributed by atoms with Crippen LogP contribution < -0.4 is 4.74 Å². The zero-order chi connectivity index (χ0) is 36.3. The predicted octanol–water partition coefficient (Wildman–Crippen LogP) is 9.94. The summed E-state index contributed by atoms with van der Waals surface area (Å²) >= 11 is 0. The lowest BCUT2D eigenvalue weighted by molar-refractivity contribution is -0.137. The smallest absolute Gasteiger partial charge is 0.338 e. The molecule has 0 heterocycles. The summed E-state index contributed by atoms with van der Waals surface area (Å²) in [5.74, 6) is -0.433. The van der Waals surface area contributed by atoms with Gasteiger partial charge in [0.25, 0.3) is 0 Å². The zero-order valence-corrected chi connectivity index (χ0v) is 31.8. The van der Waals surface area contributed by atoms with Crippen LogP contribution in [0.4, 0.5) is 0 Å². The van der Waals surface area contributed by atoms with Crippen molar-refractivity contribution in [3.05, 3.63) is 90.5 Å². The molecule has 0 amide bonds. The van der Waals surface area contributed by atoms with E-state index in [0.717, 1.165) is 42.6 Å². The normalized spacial score (nSPS) is 20.6. The number of para-hydroxylation sites is 1. The topological polar surface area (TPSA) is 102 Å². The van der Waals surface area contributed by atoms with E-state index in [0.29, 0.717) is 31.2 Å². The Morgan fingerprint density at radius 1 is 0.820 bits per heavy atom. The van der Waals surface area contributed by atoms with Gasteiger partial charge >= 0.3 is 11.9 Å². The molecule has 1 saturated carbocycles. The minimum absolute atomic E-state index is 0.0177. The molecule has 50 heavy (non-hydrogen) atoms. The van der Waals surface area contributed by atoms with E-state index < -0.39 is 26.5 Å². The van der Waals surface area contributed by atoms with Gasteiger partial charge < -0.3 is 24.1 Å². The molecule has 6 atom stereocenters. The lowest BCUT2D eigenvalue weighted by Gasteiger charge is -2.41. The van der Waals surface area contributed by atoms with E-state index in [1.54, 1.807) is 0 Å². The minimum atomic E-state index is -2.15. The number of carboxylic acid groups (broad SMARTS) is 1. The van der Waals surface area contributed by atoms with Crippen LogP contribution in [0.3, 0.4) is 0 Å². The SMILES string of the molecule is CC(Oc1ccccc1)C(CC[C@H]1C(O)C[C@H](OC(=O)c2ccc(-c3ccccc3)cc2)[C@@H]1CCCCCCC(=O)O)O[Si](C)(C)C(C)(C)C. The standard InChI is InChI=1S/C42H58O7Si/c1-30(47-34-19-13-10-14-20-34)38(49-50(5,6)42(2,3)4)28-27-35-36(21-15-7-8-16-22-40(44)45)39(29-37(35)43)48-41(46)33-25-23-32(24-26-33)31-17-11-9-12-18-31/h9-14,17-20,23-26,30,35-39,43H,7-8,15-16,21-22,27-29H2,1-6H3,(H,44,45)/t30?,35-,36-,37?,38?,39+/m1/s1. The van der Waals surface area contributed by atoms with E-state index in [1.807, 2.05) is 84.9 Å². The van der Waals surface area contributed by atoms with Crippen molar-refractivity contribution in [1.82, 2.24) is 0 Å². The highest BCUT2D eigenvalue weighted by Gasteiger charge is 2.45. The molecule has 8 heteroatoms. The number of hydrogen-bond acceptors (Lipinski definition) is 6. The van der Waals surface area contributed by atoms with Crippen LogP contribution in [-0.2, 0) is 14.0 Å². The number of carboxylic acids is 1. The quantitative estimate of drug-likeness (QED) is 0.0773. The largest absolute Gasteiger partial charge is 0.488 e. The first-order valence-corrected chi connectivity index (χ1v) is 21.3. The highest BCUT2D eigenvalue weighted by molar-refractivity contribution is 6.74. The molecule has 3 unspecified atom stereocenters. The monoisotopic (exact) mass is 702 g/mol. The molecule has 4 rings (SSSR count). The molecule has 1 fully saturated rings. The molecule has 0 bridgehead atoms. The average Bonchev–Trinajstić information content (AvgIpc) is 3.37. The number of ether oxygens (including phenoxy) is 2. The summed E-state index contributed by atoms with van der Waals surface area (Å²) in [5.41, 5.74) is 2.60. The Morgan fingerprint density at radius 2 is 1.42 bits per heavy atom. The van der Waals surface area contributed by atoms with Gasteiger partial charge in [0.1, 0.15) is 18.0 Å². The third kappa shape index (κ3) is 11.3. The first-order valence-electron chi connectivity index (χ1n) is 18.4. The van der Waals surface area contributed by atoms with Crippen LogP contribution in [0.15, 0.2) is 84.9 Å². The Balaban J connectivity index is 1.49. The molecule has 7 nitrogen and oxygen atoms in total. The number of aliphatic carboxylic acids is 1. The number of carbonyl (C=O) groups is 2. The van der Waals surface area contributed by atoms with Gasteiger partial charge in [0.05, 0.1) is 17.8 Å². The van der Waals surface area contributed by atoms with Crippen molar-refractivity contribution in [1.29, 1.82) is 0 Å². The van der Waals surface area contributed by atoms with E-state index >= 15 is 0 Å². The zero-order valence-electron chi connectivity index (χ0n) is 30.8. The molecule has 1 aliphatic rings. The minimum Gasteiger partial charge on any atom is -0.488 e. The van der Waals surface area contributed by atoms with Crippen molar-refractivity contribution in [3.8, 4) is 16.9 Å². The molecule has 0 aromatic heterocycles. The van der Waals surface area contributed by atoms with Gasteiger partial charge in [0.15, 0.2) is 8.32 Å². The van der Waals surface area contributed by atoms with Gasteiger partial charge in [-0.3, -0.25) is 4.79 Å². The van der Waals surface area contributed by atoms with Crippen LogP contribution in [0.5, 0.6) is 5.75 Å². The van der Waals surface area contributed by atoms with Crippen molar-refractivity contribution in [2.45, 2.75) is 128 Å². The molecule has 0 radical (unpaired) electrons. The number of esters is 1. The maximum Gasteiger partial charge on any atom is 0.338 e. The second-order valence-corrected chi connectivity index (χ2v) is 20.3. The van der Waals surface area contributed by atoms with Gasteiger partial charge in [-0.25, -0.2) is 4.79 Å². The van der Waals surface area contributed by atoms with Crippen LogP contribution in [0.1, 0.15) is 95.8 Å². The molecule has 2 N–H and O–H groups in total. The summed E-state index contributed by atoms with van der Waals surface area (Å²) in [4.78, 5) is 24.5. The van der Waals surface area contributed by atoms with Gasteiger partial charge in [0, 0.05) is 18.8 Å². The van der Waals surface area contributed by atoms with E-state index in [9.17, 15) is 14.7 Å². The van der Waals surface area contributed by atoms with Gasteiger partial charge in [-0.1, -0.05) is 101 Å². The van der Waals surface area contributed by atoms with Crippen LogP contribution in [0, 0.1) is 11.8 Å². The number of benzene rings is 3. The Bertz CT molecular complexity index is 1470. The van der Waals surface area contributed by atoms with Crippen LogP contribution >= 0.6 is 0 Å². The molecule has 0 spiro atoms. The van der Waals surface area contributed by atoms with Crippen molar-refractivity contribution in [2.75, 3.05) is 0 Å². The van der Waals surface area contributed by atoms with Gasteiger partial charge in [-0.2, -0.15) is 0 Å². The third-order valence-corrected chi connectivity index (χ3v) is 15.3. The second-order valence-electron chi connectivity index (χ2n) is 15.5. The van der Waals surface area contributed by atoms with Crippen molar-refractivity contribution < 1.29 is 33.7 Å². The molecular formula is C42H58O7Si. The molecule has 3 aromatic carbocycles. The fraction of sp³-hybridized carbons (Fsp3) is 0.524. The van der Waals surface area contributed by atoms with Crippen molar-refractivity contribution in [2.24, 2.45) is 11.8 Å². The second kappa shape index (κ2) is 18.2. The maximum absolute atomic E-state index is 13.5.